The molecule has 0 spiro atoms. The van der Waals surface area contributed by atoms with Crippen molar-refractivity contribution < 1.29 is 22.4 Å². The van der Waals surface area contributed by atoms with Crippen LogP contribution in [0.4, 0.5) is 10.1 Å². The molecule has 0 aromatic heterocycles. The van der Waals surface area contributed by atoms with Gasteiger partial charge in [0.05, 0.1) is 11.9 Å². The normalized spacial score (nSPS) is 12.2. The minimum atomic E-state index is -3.81. The molecule has 33 heavy (non-hydrogen) atoms. The summed E-state index contributed by atoms with van der Waals surface area (Å²) in [7, 11) is -3.81. The number of anilines is 1. The molecule has 180 valence electrons. The summed E-state index contributed by atoms with van der Waals surface area (Å²) >= 11 is 3.30. The lowest BCUT2D eigenvalue weighted by atomic mass is 10.1. The molecule has 2 amide bonds. The summed E-state index contributed by atoms with van der Waals surface area (Å²) in [5.41, 5.74) is 0.536. The standard InChI is InChI=1S/C23H29BrFN3O4S/c1-4-5-14-26-23(30)17(2)27(15-18-8-6-7-9-21(18)25)22(29)16-28(33(3,31)32)20-12-10-19(24)11-13-20/h6-13,17H,4-5,14-16H2,1-3H3,(H,26,30)/t17-/m0/s1. The van der Waals surface area contributed by atoms with Crippen molar-refractivity contribution in [1.29, 1.82) is 0 Å². The summed E-state index contributed by atoms with van der Waals surface area (Å²) in [6.45, 7) is 3.29. The van der Waals surface area contributed by atoms with Gasteiger partial charge >= 0.3 is 0 Å². The Morgan fingerprint density at radius 1 is 1.12 bits per heavy atom. The van der Waals surface area contributed by atoms with E-state index in [1.807, 2.05) is 6.92 Å². The molecule has 0 aliphatic rings. The molecule has 2 aromatic carbocycles. The highest BCUT2D eigenvalue weighted by atomic mass is 79.9. The van der Waals surface area contributed by atoms with E-state index in [-0.39, 0.29) is 18.0 Å². The van der Waals surface area contributed by atoms with Crippen molar-refractivity contribution in [3.05, 3.63) is 64.4 Å². The van der Waals surface area contributed by atoms with Crippen LogP contribution in [0.25, 0.3) is 0 Å². The van der Waals surface area contributed by atoms with Gasteiger partial charge in [-0.3, -0.25) is 13.9 Å². The second-order valence-corrected chi connectivity index (χ2v) is 10.5. The number of nitrogens with zero attached hydrogens (tertiary/aromatic N) is 2. The molecule has 0 fully saturated rings. The van der Waals surface area contributed by atoms with Crippen LogP contribution in [0.2, 0.25) is 0 Å². The van der Waals surface area contributed by atoms with E-state index in [9.17, 15) is 22.4 Å². The van der Waals surface area contributed by atoms with Crippen LogP contribution in [0.1, 0.15) is 32.3 Å². The summed E-state index contributed by atoms with van der Waals surface area (Å²) in [5.74, 6) is -1.52. The van der Waals surface area contributed by atoms with Crippen LogP contribution < -0.4 is 9.62 Å². The number of hydrogen-bond donors (Lipinski definition) is 1. The summed E-state index contributed by atoms with van der Waals surface area (Å²) in [4.78, 5) is 27.2. The van der Waals surface area contributed by atoms with Crippen LogP contribution >= 0.6 is 15.9 Å². The molecule has 0 unspecified atom stereocenters. The lowest BCUT2D eigenvalue weighted by Crippen LogP contribution is -2.51. The molecular formula is C23H29BrFN3O4S. The fraction of sp³-hybridized carbons (Fsp3) is 0.391. The molecule has 7 nitrogen and oxygen atoms in total. The van der Waals surface area contributed by atoms with Crippen molar-refractivity contribution in [2.24, 2.45) is 0 Å². The number of carbonyl (C=O) groups is 2. The van der Waals surface area contributed by atoms with Crippen LogP contribution in [-0.4, -0.2) is 50.5 Å². The van der Waals surface area contributed by atoms with Gasteiger partial charge in [-0.05, 0) is 43.7 Å². The molecule has 2 rings (SSSR count). The maximum absolute atomic E-state index is 14.3. The number of nitrogens with one attached hydrogen (secondary N) is 1. The minimum Gasteiger partial charge on any atom is -0.354 e. The number of sulfonamides is 1. The molecule has 0 heterocycles. The Kier molecular flexibility index (Phi) is 9.85. The molecule has 1 atom stereocenters. The van der Waals surface area contributed by atoms with Crippen LogP contribution in [-0.2, 0) is 26.2 Å². The smallest absolute Gasteiger partial charge is 0.244 e. The number of rotatable bonds is 11. The zero-order valence-electron chi connectivity index (χ0n) is 18.9. The van der Waals surface area contributed by atoms with E-state index in [0.29, 0.717) is 12.2 Å². The third-order valence-electron chi connectivity index (χ3n) is 5.09. The zero-order chi connectivity index (χ0) is 24.6. The maximum Gasteiger partial charge on any atom is 0.244 e. The third-order valence-corrected chi connectivity index (χ3v) is 6.76. The van der Waals surface area contributed by atoms with Crippen LogP contribution in [0.3, 0.4) is 0 Å². The number of hydrogen-bond acceptors (Lipinski definition) is 4. The second kappa shape index (κ2) is 12.1. The SMILES string of the molecule is CCCCNC(=O)[C@H](C)N(Cc1ccccc1F)C(=O)CN(c1ccc(Br)cc1)S(C)(=O)=O. The Balaban J connectivity index is 2.35. The number of unbranched alkanes of at least 4 members (excludes halogenated alkanes) is 1. The van der Waals surface area contributed by atoms with E-state index in [2.05, 4.69) is 21.2 Å². The number of benzene rings is 2. The molecule has 10 heteroatoms. The Hall–Kier alpha value is -2.46. The van der Waals surface area contributed by atoms with Gasteiger partial charge in [-0.2, -0.15) is 0 Å². The summed E-state index contributed by atoms with van der Waals surface area (Å²) < 4.78 is 41.0. The van der Waals surface area contributed by atoms with Gasteiger partial charge in [0.1, 0.15) is 18.4 Å². The topological polar surface area (TPSA) is 86.8 Å². The lowest BCUT2D eigenvalue weighted by molar-refractivity contribution is -0.139. The van der Waals surface area contributed by atoms with E-state index < -0.39 is 34.3 Å². The molecule has 0 saturated carbocycles. The van der Waals surface area contributed by atoms with Crippen LogP contribution in [0.5, 0.6) is 0 Å². The highest BCUT2D eigenvalue weighted by Gasteiger charge is 2.30. The molecule has 0 aliphatic carbocycles. The number of amides is 2. The van der Waals surface area contributed by atoms with Gasteiger partial charge in [0, 0.05) is 23.1 Å². The highest BCUT2D eigenvalue weighted by Crippen LogP contribution is 2.22. The Labute approximate surface area is 203 Å². The second-order valence-electron chi connectivity index (χ2n) is 7.68. The highest BCUT2D eigenvalue weighted by molar-refractivity contribution is 9.10. The average molecular weight is 542 g/mol. The number of carbonyl (C=O) groups excluding carboxylic acids is 2. The van der Waals surface area contributed by atoms with Crippen molar-refractivity contribution in [1.82, 2.24) is 10.2 Å². The van der Waals surface area contributed by atoms with Crippen molar-refractivity contribution in [3.63, 3.8) is 0 Å². The van der Waals surface area contributed by atoms with Crippen LogP contribution in [0, 0.1) is 5.82 Å². The molecule has 0 saturated heterocycles. The van der Waals surface area contributed by atoms with Crippen molar-refractivity contribution in [3.8, 4) is 0 Å². The molecule has 0 radical (unpaired) electrons. The number of halogens is 2. The van der Waals surface area contributed by atoms with Gasteiger partial charge in [-0.25, -0.2) is 12.8 Å². The Bertz CT molecular complexity index is 1060. The maximum atomic E-state index is 14.3. The Morgan fingerprint density at radius 2 is 1.76 bits per heavy atom. The van der Waals surface area contributed by atoms with Crippen molar-refractivity contribution >= 4 is 43.5 Å². The molecular weight excluding hydrogens is 513 g/mol. The quantitative estimate of drug-likeness (QED) is 0.439. The first-order valence-electron chi connectivity index (χ1n) is 10.6. The molecule has 2 aromatic rings. The Morgan fingerprint density at radius 3 is 2.33 bits per heavy atom. The predicted octanol–water partition coefficient (Wildman–Crippen LogP) is 3.69. The average Bonchev–Trinajstić information content (AvgIpc) is 2.76. The zero-order valence-corrected chi connectivity index (χ0v) is 21.3. The van der Waals surface area contributed by atoms with E-state index in [0.717, 1.165) is 27.9 Å². The lowest BCUT2D eigenvalue weighted by Gasteiger charge is -2.31. The van der Waals surface area contributed by atoms with E-state index >= 15 is 0 Å². The molecule has 0 aliphatic heterocycles. The van der Waals surface area contributed by atoms with Crippen LogP contribution in [0.15, 0.2) is 53.0 Å². The first-order valence-corrected chi connectivity index (χ1v) is 13.2. The van der Waals surface area contributed by atoms with E-state index in [4.69, 9.17) is 0 Å². The fourth-order valence-electron chi connectivity index (χ4n) is 3.15. The molecule has 0 bridgehead atoms. The summed E-state index contributed by atoms with van der Waals surface area (Å²) in [5, 5.41) is 2.78. The van der Waals surface area contributed by atoms with Gasteiger partial charge in [0.2, 0.25) is 21.8 Å². The summed E-state index contributed by atoms with van der Waals surface area (Å²) in [6.07, 6.45) is 2.68. The predicted molar refractivity (Wildman–Crippen MR) is 131 cm³/mol. The monoisotopic (exact) mass is 541 g/mol. The largest absolute Gasteiger partial charge is 0.354 e. The fourth-order valence-corrected chi connectivity index (χ4v) is 4.26. The van der Waals surface area contributed by atoms with E-state index in [1.165, 1.54) is 23.1 Å². The molecule has 1 N–H and O–H groups in total. The van der Waals surface area contributed by atoms with Gasteiger partial charge in [0.15, 0.2) is 0 Å². The van der Waals surface area contributed by atoms with Gasteiger partial charge in [-0.15, -0.1) is 0 Å². The van der Waals surface area contributed by atoms with Gasteiger partial charge in [-0.1, -0.05) is 47.5 Å². The van der Waals surface area contributed by atoms with Crippen molar-refractivity contribution in [2.75, 3.05) is 23.7 Å². The van der Waals surface area contributed by atoms with Crippen molar-refractivity contribution in [2.45, 2.75) is 39.3 Å². The minimum absolute atomic E-state index is 0.175. The van der Waals surface area contributed by atoms with Gasteiger partial charge in [0.25, 0.3) is 0 Å². The third kappa shape index (κ3) is 7.82. The van der Waals surface area contributed by atoms with E-state index in [1.54, 1.807) is 37.3 Å². The van der Waals surface area contributed by atoms with Gasteiger partial charge < -0.3 is 10.2 Å². The summed E-state index contributed by atoms with van der Waals surface area (Å²) in [6, 6.07) is 11.5. The first-order chi connectivity index (χ1) is 15.5. The first kappa shape index (κ1) is 26.8.